The number of pyridine rings is 1. The fraction of sp³-hybridized carbons (Fsp3) is 0.294. The molecule has 3 heteroatoms. The van der Waals surface area contributed by atoms with E-state index in [0.29, 0.717) is 0 Å². The van der Waals surface area contributed by atoms with Gasteiger partial charge in [-0.2, -0.15) is 4.57 Å². The van der Waals surface area contributed by atoms with Gasteiger partial charge in [-0.3, -0.25) is 0 Å². The van der Waals surface area contributed by atoms with Crippen LogP contribution in [-0.2, 0) is 7.05 Å². The SMILES string of the molecule is Cc1cc(C)c(C)c(-c2cc3nc(C)sc3c[n+]2C)c1. The lowest BCUT2D eigenvalue weighted by Gasteiger charge is -2.09. The number of nitrogens with zero attached hydrogens (tertiary/aromatic N) is 2. The van der Waals surface area contributed by atoms with Crippen molar-refractivity contribution >= 4 is 21.6 Å². The van der Waals surface area contributed by atoms with Crippen LogP contribution in [0.15, 0.2) is 24.4 Å². The Balaban J connectivity index is 2.31. The van der Waals surface area contributed by atoms with Gasteiger partial charge in [-0.25, -0.2) is 4.98 Å². The Morgan fingerprint density at radius 3 is 2.55 bits per heavy atom. The molecule has 102 valence electrons. The lowest BCUT2D eigenvalue weighted by Crippen LogP contribution is -2.30. The second kappa shape index (κ2) is 4.67. The molecule has 0 radical (unpaired) electrons. The van der Waals surface area contributed by atoms with Gasteiger partial charge in [-0.1, -0.05) is 11.6 Å². The maximum atomic E-state index is 4.62. The number of benzene rings is 1. The van der Waals surface area contributed by atoms with Gasteiger partial charge in [0.15, 0.2) is 6.20 Å². The van der Waals surface area contributed by atoms with Gasteiger partial charge in [0.25, 0.3) is 0 Å². The molecule has 0 amide bonds. The maximum absolute atomic E-state index is 4.62. The van der Waals surface area contributed by atoms with Crippen molar-refractivity contribution in [1.82, 2.24) is 4.98 Å². The summed E-state index contributed by atoms with van der Waals surface area (Å²) >= 11 is 1.75. The third-order valence-electron chi connectivity index (χ3n) is 3.84. The lowest BCUT2D eigenvalue weighted by atomic mass is 9.97. The lowest BCUT2D eigenvalue weighted by molar-refractivity contribution is -0.659. The smallest absolute Gasteiger partial charge is 0.214 e. The van der Waals surface area contributed by atoms with E-state index in [9.17, 15) is 0 Å². The van der Waals surface area contributed by atoms with E-state index in [2.05, 4.69) is 68.7 Å². The fourth-order valence-corrected chi connectivity index (χ4v) is 3.59. The first kappa shape index (κ1) is 13.3. The summed E-state index contributed by atoms with van der Waals surface area (Å²) in [7, 11) is 2.11. The average molecular weight is 283 g/mol. The monoisotopic (exact) mass is 283 g/mol. The fourth-order valence-electron chi connectivity index (χ4n) is 2.71. The van der Waals surface area contributed by atoms with Gasteiger partial charge in [0.2, 0.25) is 5.69 Å². The highest BCUT2D eigenvalue weighted by Crippen LogP contribution is 2.28. The summed E-state index contributed by atoms with van der Waals surface area (Å²) in [6.07, 6.45) is 2.19. The van der Waals surface area contributed by atoms with E-state index in [4.69, 9.17) is 0 Å². The van der Waals surface area contributed by atoms with Gasteiger partial charge in [0, 0.05) is 11.6 Å². The van der Waals surface area contributed by atoms with Crippen molar-refractivity contribution in [2.24, 2.45) is 7.05 Å². The number of hydrogen-bond acceptors (Lipinski definition) is 2. The molecular weight excluding hydrogens is 264 g/mol. The summed E-state index contributed by atoms with van der Waals surface area (Å²) in [6, 6.07) is 6.72. The van der Waals surface area contributed by atoms with Crippen LogP contribution in [0.5, 0.6) is 0 Å². The average Bonchev–Trinajstić information content (AvgIpc) is 2.72. The summed E-state index contributed by atoms with van der Waals surface area (Å²) < 4.78 is 3.46. The second-order valence-electron chi connectivity index (χ2n) is 5.51. The molecule has 0 spiro atoms. The van der Waals surface area contributed by atoms with E-state index in [1.165, 1.54) is 32.6 Å². The van der Waals surface area contributed by atoms with E-state index in [-0.39, 0.29) is 0 Å². The maximum Gasteiger partial charge on any atom is 0.214 e. The first-order valence-electron chi connectivity index (χ1n) is 6.81. The molecule has 3 aromatic rings. The predicted octanol–water partition coefficient (Wildman–Crippen LogP) is 4.02. The number of thiazole rings is 1. The van der Waals surface area contributed by atoms with Crippen LogP contribution in [-0.4, -0.2) is 4.98 Å². The molecule has 0 fully saturated rings. The van der Waals surface area contributed by atoms with Gasteiger partial charge >= 0.3 is 0 Å². The summed E-state index contributed by atoms with van der Waals surface area (Å²) in [5.41, 5.74) is 7.62. The molecule has 0 aliphatic rings. The normalized spacial score (nSPS) is 11.2. The molecule has 0 unspecified atom stereocenters. The van der Waals surface area contributed by atoms with Crippen LogP contribution in [0.1, 0.15) is 21.7 Å². The van der Waals surface area contributed by atoms with Crippen molar-refractivity contribution in [2.45, 2.75) is 27.7 Å². The molecule has 0 atom stereocenters. The molecule has 2 aromatic heterocycles. The number of hydrogen-bond donors (Lipinski definition) is 0. The first-order chi connectivity index (χ1) is 9.45. The summed E-state index contributed by atoms with van der Waals surface area (Å²) in [6.45, 7) is 8.59. The largest absolute Gasteiger partial charge is 0.241 e. The van der Waals surface area contributed by atoms with Gasteiger partial charge in [0.05, 0.1) is 10.5 Å². The molecule has 20 heavy (non-hydrogen) atoms. The first-order valence-corrected chi connectivity index (χ1v) is 7.62. The van der Waals surface area contributed by atoms with E-state index < -0.39 is 0 Å². The summed E-state index contributed by atoms with van der Waals surface area (Å²) in [4.78, 5) is 4.62. The number of aromatic nitrogens is 2. The Kier molecular flexibility index (Phi) is 3.09. The Morgan fingerprint density at radius 2 is 1.80 bits per heavy atom. The molecule has 0 N–H and O–H groups in total. The molecule has 0 aliphatic heterocycles. The van der Waals surface area contributed by atoms with Crippen molar-refractivity contribution in [1.29, 1.82) is 0 Å². The molecule has 0 aliphatic carbocycles. The zero-order chi connectivity index (χ0) is 14.4. The highest BCUT2D eigenvalue weighted by atomic mass is 32.1. The topological polar surface area (TPSA) is 16.8 Å². The predicted molar refractivity (Wildman–Crippen MR) is 85.2 cm³/mol. The number of aryl methyl sites for hydroxylation is 4. The molecule has 0 bridgehead atoms. The van der Waals surface area contributed by atoms with Crippen LogP contribution in [0.4, 0.5) is 0 Å². The Labute approximate surface area is 123 Å². The van der Waals surface area contributed by atoms with Crippen molar-refractivity contribution in [3.63, 3.8) is 0 Å². The highest BCUT2D eigenvalue weighted by molar-refractivity contribution is 7.18. The van der Waals surface area contributed by atoms with Crippen LogP contribution in [0.25, 0.3) is 21.5 Å². The van der Waals surface area contributed by atoms with Crippen molar-refractivity contribution in [2.75, 3.05) is 0 Å². The van der Waals surface area contributed by atoms with Gasteiger partial charge in [0.1, 0.15) is 11.7 Å². The minimum absolute atomic E-state index is 1.10. The Morgan fingerprint density at radius 1 is 1.05 bits per heavy atom. The van der Waals surface area contributed by atoms with Crippen LogP contribution >= 0.6 is 11.3 Å². The van der Waals surface area contributed by atoms with Crippen molar-refractivity contribution < 1.29 is 4.57 Å². The highest BCUT2D eigenvalue weighted by Gasteiger charge is 2.17. The summed E-state index contributed by atoms with van der Waals surface area (Å²) in [5.74, 6) is 0. The molecule has 3 rings (SSSR count). The molecular formula is C17H19N2S+. The van der Waals surface area contributed by atoms with Crippen LogP contribution in [0.2, 0.25) is 0 Å². The minimum atomic E-state index is 1.10. The van der Waals surface area contributed by atoms with Crippen LogP contribution in [0, 0.1) is 27.7 Å². The van der Waals surface area contributed by atoms with Crippen LogP contribution < -0.4 is 4.57 Å². The Bertz CT molecular complexity index is 815. The number of fused-ring (bicyclic) bond motifs is 1. The van der Waals surface area contributed by atoms with Crippen LogP contribution in [0.3, 0.4) is 0 Å². The van der Waals surface area contributed by atoms with E-state index in [1.54, 1.807) is 11.3 Å². The van der Waals surface area contributed by atoms with Crippen molar-refractivity contribution in [3.05, 3.63) is 46.1 Å². The van der Waals surface area contributed by atoms with Gasteiger partial charge in [-0.05, 0) is 44.9 Å². The van der Waals surface area contributed by atoms with E-state index in [1.807, 2.05) is 0 Å². The number of rotatable bonds is 1. The second-order valence-corrected chi connectivity index (χ2v) is 6.74. The third-order valence-corrected chi connectivity index (χ3v) is 4.76. The van der Waals surface area contributed by atoms with Gasteiger partial charge < -0.3 is 0 Å². The quantitative estimate of drug-likeness (QED) is 0.616. The van der Waals surface area contributed by atoms with E-state index >= 15 is 0 Å². The molecule has 0 saturated carbocycles. The standard InChI is InChI=1S/C17H19N2S/c1-10-6-11(2)12(3)14(7-10)16-8-15-17(9-19(16)5)20-13(4)18-15/h6-9H,1-5H3/q+1. The zero-order valence-electron chi connectivity index (χ0n) is 12.6. The van der Waals surface area contributed by atoms with Crippen molar-refractivity contribution in [3.8, 4) is 11.3 Å². The minimum Gasteiger partial charge on any atom is -0.241 e. The third kappa shape index (κ3) is 2.12. The summed E-state index contributed by atoms with van der Waals surface area (Å²) in [5, 5.41) is 1.12. The molecule has 1 aromatic carbocycles. The Hall–Kier alpha value is -1.74. The zero-order valence-corrected chi connectivity index (χ0v) is 13.4. The molecule has 2 heterocycles. The molecule has 2 nitrogen and oxygen atoms in total. The van der Waals surface area contributed by atoms with E-state index in [0.717, 1.165) is 10.5 Å². The van der Waals surface area contributed by atoms with Gasteiger partial charge in [-0.15, -0.1) is 11.3 Å². The molecule has 0 saturated heterocycles.